The normalized spacial score (nSPS) is 23.1. The van der Waals surface area contributed by atoms with Crippen molar-refractivity contribution < 1.29 is 28.6 Å². The van der Waals surface area contributed by atoms with E-state index in [9.17, 15) is 14.4 Å². The van der Waals surface area contributed by atoms with Gasteiger partial charge in [0.15, 0.2) is 0 Å². The maximum Gasteiger partial charge on any atom is 0.320 e. The first-order valence-electron chi connectivity index (χ1n) is 8.13. The van der Waals surface area contributed by atoms with Crippen molar-refractivity contribution in [2.45, 2.75) is 13.0 Å². The molecular formula is C18H23NO6. The van der Waals surface area contributed by atoms with E-state index in [1.165, 1.54) is 14.2 Å². The lowest BCUT2D eigenvalue weighted by Crippen LogP contribution is -2.34. The standard InChI is InChI=1S/C18H23NO6/c1-4-25-14(20)11-19-10-13(17(21)23-2)15(18(22)24-3)16(19)12-8-6-5-7-9-12/h5-9,13,15-16H,4,10-11H2,1-3H3/t13-,15+,16-/m0/s1. The monoisotopic (exact) mass is 349 g/mol. The maximum absolute atomic E-state index is 12.4. The summed E-state index contributed by atoms with van der Waals surface area (Å²) in [5.41, 5.74) is 0.827. The van der Waals surface area contributed by atoms with Gasteiger partial charge in [-0.2, -0.15) is 0 Å². The average molecular weight is 349 g/mol. The van der Waals surface area contributed by atoms with Crippen LogP contribution in [0.25, 0.3) is 0 Å². The van der Waals surface area contributed by atoms with Crippen LogP contribution in [0.2, 0.25) is 0 Å². The van der Waals surface area contributed by atoms with Gasteiger partial charge in [-0.15, -0.1) is 0 Å². The summed E-state index contributed by atoms with van der Waals surface area (Å²) in [5, 5.41) is 0. The highest BCUT2D eigenvalue weighted by atomic mass is 16.5. The third-order valence-electron chi connectivity index (χ3n) is 4.35. The summed E-state index contributed by atoms with van der Waals surface area (Å²) in [4.78, 5) is 38.4. The third-order valence-corrected chi connectivity index (χ3v) is 4.35. The quantitative estimate of drug-likeness (QED) is 0.563. The first-order chi connectivity index (χ1) is 12.0. The van der Waals surface area contributed by atoms with E-state index in [0.717, 1.165) is 5.56 Å². The van der Waals surface area contributed by atoms with Gasteiger partial charge in [-0.05, 0) is 12.5 Å². The van der Waals surface area contributed by atoms with Crippen LogP contribution in [0.3, 0.4) is 0 Å². The van der Waals surface area contributed by atoms with Crippen molar-refractivity contribution in [3.05, 3.63) is 35.9 Å². The first kappa shape index (κ1) is 18.9. The molecule has 1 saturated heterocycles. The van der Waals surface area contributed by atoms with Crippen LogP contribution in [-0.4, -0.2) is 56.7 Å². The van der Waals surface area contributed by atoms with Crippen LogP contribution in [0.4, 0.5) is 0 Å². The molecule has 25 heavy (non-hydrogen) atoms. The molecule has 0 radical (unpaired) electrons. The zero-order valence-electron chi connectivity index (χ0n) is 14.6. The predicted molar refractivity (Wildman–Crippen MR) is 88.4 cm³/mol. The molecule has 7 nitrogen and oxygen atoms in total. The van der Waals surface area contributed by atoms with Crippen LogP contribution in [0, 0.1) is 11.8 Å². The van der Waals surface area contributed by atoms with Crippen molar-refractivity contribution in [3.8, 4) is 0 Å². The molecule has 1 aliphatic rings. The van der Waals surface area contributed by atoms with E-state index in [0.29, 0.717) is 0 Å². The Morgan fingerprint density at radius 3 is 2.28 bits per heavy atom. The van der Waals surface area contributed by atoms with Crippen molar-refractivity contribution in [1.82, 2.24) is 4.90 Å². The number of benzene rings is 1. The SMILES string of the molecule is CCOC(=O)CN1C[C@H](C(=O)OC)[C@@H](C(=O)OC)[C@@H]1c1ccccc1. The van der Waals surface area contributed by atoms with Crippen molar-refractivity contribution in [2.75, 3.05) is 33.9 Å². The van der Waals surface area contributed by atoms with E-state index in [1.807, 2.05) is 30.3 Å². The number of ether oxygens (including phenoxy) is 3. The fourth-order valence-electron chi connectivity index (χ4n) is 3.33. The highest BCUT2D eigenvalue weighted by molar-refractivity contribution is 5.84. The second kappa shape index (κ2) is 8.62. The molecule has 0 saturated carbocycles. The van der Waals surface area contributed by atoms with Crippen LogP contribution in [0.5, 0.6) is 0 Å². The molecule has 2 rings (SSSR count). The zero-order chi connectivity index (χ0) is 18.4. The van der Waals surface area contributed by atoms with Gasteiger partial charge >= 0.3 is 17.9 Å². The minimum Gasteiger partial charge on any atom is -0.469 e. The summed E-state index contributed by atoms with van der Waals surface area (Å²) in [6, 6.07) is 8.80. The van der Waals surface area contributed by atoms with Crippen LogP contribution in [0.1, 0.15) is 18.5 Å². The minimum atomic E-state index is -0.755. The number of nitrogens with zero attached hydrogens (tertiary/aromatic N) is 1. The molecular weight excluding hydrogens is 326 g/mol. The second-order valence-corrected chi connectivity index (χ2v) is 5.77. The molecule has 0 N–H and O–H groups in total. The zero-order valence-corrected chi connectivity index (χ0v) is 14.6. The summed E-state index contributed by atoms with van der Waals surface area (Å²) in [5.74, 6) is -2.87. The number of hydrogen-bond donors (Lipinski definition) is 0. The van der Waals surface area contributed by atoms with Gasteiger partial charge in [0.05, 0.1) is 39.2 Å². The number of carbonyl (C=O) groups is 3. The van der Waals surface area contributed by atoms with Gasteiger partial charge < -0.3 is 14.2 Å². The van der Waals surface area contributed by atoms with E-state index in [1.54, 1.807) is 11.8 Å². The van der Waals surface area contributed by atoms with Gasteiger partial charge in [0, 0.05) is 12.6 Å². The Morgan fingerprint density at radius 1 is 1.08 bits per heavy atom. The van der Waals surface area contributed by atoms with Gasteiger partial charge in [0.25, 0.3) is 0 Å². The highest BCUT2D eigenvalue weighted by Gasteiger charge is 2.51. The van der Waals surface area contributed by atoms with E-state index < -0.39 is 35.8 Å². The Labute approximate surface area is 146 Å². The topological polar surface area (TPSA) is 82.1 Å². The number of esters is 3. The summed E-state index contributed by atoms with van der Waals surface area (Å²) in [6.07, 6.45) is 0. The Kier molecular flexibility index (Phi) is 6.52. The molecule has 0 unspecified atom stereocenters. The molecule has 0 spiro atoms. The molecule has 0 amide bonds. The van der Waals surface area contributed by atoms with Gasteiger partial charge in [-0.25, -0.2) is 0 Å². The molecule has 1 fully saturated rings. The summed E-state index contributed by atoms with van der Waals surface area (Å²) >= 11 is 0. The van der Waals surface area contributed by atoms with Crippen LogP contribution >= 0.6 is 0 Å². The van der Waals surface area contributed by atoms with Crippen LogP contribution < -0.4 is 0 Å². The van der Waals surface area contributed by atoms with Gasteiger partial charge in [-0.3, -0.25) is 19.3 Å². The summed E-state index contributed by atoms with van der Waals surface area (Å²) in [6.45, 7) is 2.19. The molecule has 0 aromatic heterocycles. The second-order valence-electron chi connectivity index (χ2n) is 5.77. The lowest BCUT2D eigenvalue weighted by atomic mass is 9.87. The average Bonchev–Trinajstić information content (AvgIpc) is 3.00. The lowest BCUT2D eigenvalue weighted by Gasteiger charge is -2.26. The Hall–Kier alpha value is -2.41. The van der Waals surface area contributed by atoms with Crippen molar-refractivity contribution in [1.29, 1.82) is 0 Å². The van der Waals surface area contributed by atoms with Crippen molar-refractivity contribution >= 4 is 17.9 Å². The summed E-state index contributed by atoms with van der Waals surface area (Å²) in [7, 11) is 2.56. The number of likely N-dealkylation sites (tertiary alicyclic amines) is 1. The predicted octanol–water partition coefficient (Wildman–Crippen LogP) is 1.18. The van der Waals surface area contributed by atoms with Crippen molar-refractivity contribution in [3.63, 3.8) is 0 Å². The van der Waals surface area contributed by atoms with E-state index in [-0.39, 0.29) is 19.7 Å². The number of carbonyl (C=O) groups excluding carboxylic acids is 3. The number of rotatable bonds is 6. The molecule has 0 aliphatic carbocycles. The largest absolute Gasteiger partial charge is 0.469 e. The van der Waals surface area contributed by atoms with Crippen LogP contribution in [-0.2, 0) is 28.6 Å². The maximum atomic E-state index is 12.4. The molecule has 1 heterocycles. The minimum absolute atomic E-state index is 0.0195. The fraction of sp³-hybridized carbons (Fsp3) is 0.500. The molecule has 1 aromatic carbocycles. The highest BCUT2D eigenvalue weighted by Crippen LogP contribution is 2.42. The number of methoxy groups -OCH3 is 2. The summed E-state index contributed by atoms with van der Waals surface area (Å²) < 4.78 is 14.8. The molecule has 0 bridgehead atoms. The third kappa shape index (κ3) is 4.17. The van der Waals surface area contributed by atoms with Crippen LogP contribution in [0.15, 0.2) is 30.3 Å². The molecule has 7 heteroatoms. The molecule has 3 atom stereocenters. The number of hydrogen-bond acceptors (Lipinski definition) is 7. The molecule has 1 aliphatic heterocycles. The van der Waals surface area contributed by atoms with Gasteiger partial charge in [0.1, 0.15) is 0 Å². The molecule has 136 valence electrons. The van der Waals surface area contributed by atoms with E-state index >= 15 is 0 Å². The van der Waals surface area contributed by atoms with E-state index in [4.69, 9.17) is 14.2 Å². The fourth-order valence-corrected chi connectivity index (χ4v) is 3.33. The van der Waals surface area contributed by atoms with Crippen molar-refractivity contribution in [2.24, 2.45) is 11.8 Å². The molecule has 1 aromatic rings. The van der Waals surface area contributed by atoms with Gasteiger partial charge in [-0.1, -0.05) is 30.3 Å². The lowest BCUT2D eigenvalue weighted by molar-refractivity contribution is -0.156. The Bertz CT molecular complexity index is 617. The Morgan fingerprint density at radius 2 is 1.72 bits per heavy atom. The Balaban J connectivity index is 2.41. The smallest absolute Gasteiger partial charge is 0.320 e. The first-order valence-corrected chi connectivity index (χ1v) is 8.13. The van der Waals surface area contributed by atoms with Gasteiger partial charge in [0.2, 0.25) is 0 Å². The van der Waals surface area contributed by atoms with E-state index in [2.05, 4.69) is 0 Å².